The van der Waals surface area contributed by atoms with Crippen molar-refractivity contribution in [3.05, 3.63) is 75.1 Å². The third-order valence-electron chi connectivity index (χ3n) is 5.52. The number of esters is 1. The van der Waals surface area contributed by atoms with Crippen LogP contribution in [0.3, 0.4) is 0 Å². The number of amides is 3. The average Bonchev–Trinajstić information content (AvgIpc) is 3.56. The molecule has 0 fully saturated rings. The van der Waals surface area contributed by atoms with Crippen molar-refractivity contribution < 1.29 is 33.0 Å². The zero-order valence-corrected chi connectivity index (χ0v) is 20.6. The number of halogens is 1. The second-order valence-corrected chi connectivity index (χ2v) is 9.01. The highest BCUT2D eigenvalue weighted by Crippen LogP contribution is 2.28. The molecule has 0 atom stereocenters. The number of ether oxygens (including phenoxy) is 2. The molecule has 0 saturated heterocycles. The zero-order chi connectivity index (χ0) is 26.8. The molecule has 0 spiro atoms. The summed E-state index contributed by atoms with van der Waals surface area (Å²) in [5, 5.41) is 13.6. The maximum Gasteiger partial charge on any atom is 0.348 e. The van der Waals surface area contributed by atoms with Gasteiger partial charge in [0, 0.05) is 19.2 Å². The van der Waals surface area contributed by atoms with Crippen LogP contribution in [-0.4, -0.2) is 52.0 Å². The molecule has 3 amide bonds. The molecule has 12 nitrogen and oxygen atoms in total. The van der Waals surface area contributed by atoms with E-state index in [0.717, 1.165) is 10.7 Å². The van der Waals surface area contributed by atoms with Crippen molar-refractivity contribution in [2.75, 3.05) is 19.0 Å². The summed E-state index contributed by atoms with van der Waals surface area (Å²) in [6.45, 7) is 0.0683. The first-order valence-electron chi connectivity index (χ1n) is 11.1. The quantitative estimate of drug-likeness (QED) is 0.302. The fourth-order valence-corrected chi connectivity index (χ4v) is 4.50. The van der Waals surface area contributed by atoms with E-state index < -0.39 is 23.6 Å². The fraction of sp³-hybridized carbons (Fsp3) is 0.167. The predicted molar refractivity (Wildman–Crippen MR) is 132 cm³/mol. The van der Waals surface area contributed by atoms with Gasteiger partial charge < -0.3 is 25.4 Å². The van der Waals surface area contributed by atoms with Crippen molar-refractivity contribution in [2.24, 2.45) is 0 Å². The van der Waals surface area contributed by atoms with Gasteiger partial charge in [0.15, 0.2) is 18.1 Å². The number of thiophene rings is 1. The Morgan fingerprint density at radius 2 is 1.95 bits per heavy atom. The van der Waals surface area contributed by atoms with Gasteiger partial charge in [0.25, 0.3) is 17.7 Å². The molecule has 1 aliphatic heterocycles. The van der Waals surface area contributed by atoms with E-state index in [2.05, 4.69) is 30.8 Å². The van der Waals surface area contributed by atoms with Gasteiger partial charge in [-0.1, -0.05) is 6.07 Å². The largest absolute Gasteiger partial charge is 0.482 e. The van der Waals surface area contributed by atoms with Gasteiger partial charge in [-0.25, -0.2) is 18.7 Å². The second-order valence-electron chi connectivity index (χ2n) is 8.10. The Hall–Kier alpha value is -4.85. The molecule has 4 aromatic rings. The van der Waals surface area contributed by atoms with Crippen LogP contribution in [0.2, 0.25) is 0 Å². The van der Waals surface area contributed by atoms with Crippen LogP contribution >= 0.6 is 11.3 Å². The van der Waals surface area contributed by atoms with Gasteiger partial charge in [0.2, 0.25) is 0 Å². The van der Waals surface area contributed by atoms with Crippen molar-refractivity contribution in [1.29, 1.82) is 0 Å². The number of anilines is 1. The molecule has 0 radical (unpaired) electrons. The number of benzene rings is 1. The Kier molecular flexibility index (Phi) is 6.70. The van der Waals surface area contributed by atoms with Crippen molar-refractivity contribution in [1.82, 2.24) is 25.2 Å². The molecular formula is C24H19FN6O6S. The van der Waals surface area contributed by atoms with E-state index in [1.165, 1.54) is 24.5 Å². The van der Waals surface area contributed by atoms with Gasteiger partial charge in [-0.05, 0) is 34.7 Å². The number of carbonyl (C=O) groups excluding carboxylic acids is 4. The van der Waals surface area contributed by atoms with Gasteiger partial charge >= 0.3 is 5.97 Å². The number of nitrogens with zero attached hydrogens (tertiary/aromatic N) is 3. The van der Waals surface area contributed by atoms with Crippen molar-refractivity contribution in [3.8, 4) is 5.75 Å². The van der Waals surface area contributed by atoms with Crippen LogP contribution in [0, 0.1) is 5.82 Å². The monoisotopic (exact) mass is 538 g/mol. The Balaban J connectivity index is 1.32. The van der Waals surface area contributed by atoms with Crippen LogP contribution in [0.5, 0.6) is 5.75 Å². The van der Waals surface area contributed by atoms with E-state index in [4.69, 9.17) is 4.74 Å². The van der Waals surface area contributed by atoms with E-state index in [0.29, 0.717) is 27.4 Å². The van der Waals surface area contributed by atoms with Gasteiger partial charge in [-0.15, -0.1) is 11.3 Å². The molecule has 14 heteroatoms. The maximum atomic E-state index is 14.3. The minimum Gasteiger partial charge on any atom is -0.482 e. The maximum absolute atomic E-state index is 14.3. The average molecular weight is 539 g/mol. The molecule has 4 heterocycles. The number of methoxy groups -OCH3 is 1. The normalized spacial score (nSPS) is 12.3. The number of aromatic nitrogens is 3. The molecule has 1 aliphatic rings. The SMILES string of the molecule is COC(=O)c1cc(CNC(=O)c2cc(C(=O)NCc3ccc4c(c3)NC(=O)CO4)nc3c(F)cnn23)cs1. The number of hydrogen-bond donors (Lipinski definition) is 3. The summed E-state index contributed by atoms with van der Waals surface area (Å²) >= 11 is 1.17. The molecule has 3 N–H and O–H groups in total. The van der Waals surface area contributed by atoms with E-state index in [1.807, 2.05) is 0 Å². The van der Waals surface area contributed by atoms with E-state index in [-0.39, 0.29) is 42.6 Å². The van der Waals surface area contributed by atoms with E-state index in [1.54, 1.807) is 29.6 Å². The first-order valence-corrected chi connectivity index (χ1v) is 12.0. The Bertz CT molecular complexity index is 1600. The summed E-state index contributed by atoms with van der Waals surface area (Å²) in [7, 11) is 1.27. The number of rotatable bonds is 7. The Morgan fingerprint density at radius 3 is 2.76 bits per heavy atom. The molecule has 194 valence electrons. The van der Waals surface area contributed by atoms with Gasteiger partial charge in [-0.2, -0.15) is 5.10 Å². The van der Waals surface area contributed by atoms with E-state index in [9.17, 15) is 23.6 Å². The molecule has 0 bridgehead atoms. The highest BCUT2D eigenvalue weighted by Gasteiger charge is 2.21. The number of hydrogen-bond acceptors (Lipinski definition) is 9. The Labute approximate surface area is 217 Å². The topological polar surface area (TPSA) is 153 Å². The first-order chi connectivity index (χ1) is 18.3. The smallest absolute Gasteiger partial charge is 0.348 e. The molecular weight excluding hydrogens is 519 g/mol. The lowest BCUT2D eigenvalue weighted by molar-refractivity contribution is -0.118. The summed E-state index contributed by atoms with van der Waals surface area (Å²) in [6.07, 6.45) is 0.895. The number of nitrogens with one attached hydrogen (secondary N) is 3. The van der Waals surface area contributed by atoms with Crippen LogP contribution in [0.4, 0.5) is 10.1 Å². The van der Waals surface area contributed by atoms with Gasteiger partial charge in [-0.3, -0.25) is 14.4 Å². The lowest BCUT2D eigenvalue weighted by Crippen LogP contribution is -2.28. The fourth-order valence-electron chi connectivity index (χ4n) is 3.68. The Morgan fingerprint density at radius 1 is 1.16 bits per heavy atom. The summed E-state index contributed by atoms with van der Waals surface area (Å²) in [5.41, 5.74) is 1.21. The summed E-state index contributed by atoms with van der Waals surface area (Å²) in [5.74, 6) is -2.35. The summed E-state index contributed by atoms with van der Waals surface area (Å²) < 4.78 is 25.3. The van der Waals surface area contributed by atoms with Crippen molar-refractivity contribution >= 4 is 46.4 Å². The van der Waals surface area contributed by atoms with Crippen molar-refractivity contribution in [2.45, 2.75) is 13.1 Å². The van der Waals surface area contributed by atoms with Crippen LogP contribution < -0.4 is 20.7 Å². The van der Waals surface area contributed by atoms with E-state index >= 15 is 0 Å². The third kappa shape index (κ3) is 5.01. The zero-order valence-electron chi connectivity index (χ0n) is 19.7. The van der Waals surface area contributed by atoms with Crippen LogP contribution in [-0.2, 0) is 22.6 Å². The minimum absolute atomic E-state index is 0.0683. The third-order valence-corrected chi connectivity index (χ3v) is 6.48. The molecule has 0 aliphatic carbocycles. The lowest BCUT2D eigenvalue weighted by Gasteiger charge is -2.18. The van der Waals surface area contributed by atoms with Crippen LogP contribution in [0.25, 0.3) is 5.65 Å². The second kappa shape index (κ2) is 10.3. The van der Waals surface area contributed by atoms with Crippen molar-refractivity contribution in [3.63, 3.8) is 0 Å². The number of fused-ring (bicyclic) bond motifs is 2. The highest BCUT2D eigenvalue weighted by atomic mass is 32.1. The molecule has 38 heavy (non-hydrogen) atoms. The summed E-state index contributed by atoms with van der Waals surface area (Å²) in [4.78, 5) is 53.5. The molecule has 3 aromatic heterocycles. The number of carbonyl (C=O) groups is 4. The molecule has 0 saturated carbocycles. The van der Waals surface area contributed by atoms with Crippen LogP contribution in [0.1, 0.15) is 41.8 Å². The standard InChI is InChI=1S/C24H19FN6O6S/c1-36-24(35)19-5-13(11-38-19)8-27-23(34)17-6-16(30-21-14(25)9-28-31(17)21)22(33)26-7-12-2-3-18-15(4-12)29-20(32)10-37-18/h2-6,9,11H,7-8,10H2,1H3,(H,26,33)(H,27,34)(H,29,32). The van der Waals surface area contributed by atoms with Gasteiger partial charge in [0.05, 0.1) is 19.0 Å². The minimum atomic E-state index is -0.806. The summed E-state index contributed by atoms with van der Waals surface area (Å²) in [6, 6.07) is 7.85. The molecule has 0 unspecified atom stereocenters. The molecule has 5 rings (SSSR count). The molecule has 1 aromatic carbocycles. The predicted octanol–water partition coefficient (Wildman–Crippen LogP) is 1.91. The van der Waals surface area contributed by atoms with Gasteiger partial charge in [0.1, 0.15) is 22.0 Å². The van der Waals surface area contributed by atoms with Crippen LogP contribution in [0.15, 0.2) is 41.9 Å². The first kappa shape index (κ1) is 24.8. The lowest BCUT2D eigenvalue weighted by atomic mass is 10.1. The highest BCUT2D eigenvalue weighted by molar-refractivity contribution is 7.12.